The van der Waals surface area contributed by atoms with Crippen molar-refractivity contribution in [2.24, 2.45) is 0 Å². The van der Waals surface area contributed by atoms with Crippen LogP contribution in [0.4, 0.5) is 5.69 Å². The quantitative estimate of drug-likeness (QED) is 0.804. The third-order valence-corrected chi connectivity index (χ3v) is 2.91. The zero-order chi connectivity index (χ0) is 14.6. The zero-order valence-corrected chi connectivity index (χ0v) is 12.2. The highest BCUT2D eigenvalue weighted by Gasteiger charge is 2.21. The van der Waals surface area contributed by atoms with Crippen LogP contribution in [0.2, 0.25) is 0 Å². The molecule has 0 bridgehead atoms. The molecule has 4 heteroatoms. The van der Waals surface area contributed by atoms with Crippen LogP contribution < -0.4 is 5.32 Å². The number of carbonyl (C=O) groups excluding carboxylic acids is 1. The molecular formula is C15H23NO3. The number of aliphatic hydroxyl groups is 1. The minimum absolute atomic E-state index is 0.0963. The van der Waals surface area contributed by atoms with Crippen molar-refractivity contribution in [2.45, 2.75) is 52.4 Å². The van der Waals surface area contributed by atoms with Gasteiger partial charge in [-0.2, -0.15) is 0 Å². The molecule has 0 aromatic heterocycles. The van der Waals surface area contributed by atoms with E-state index in [1.165, 1.54) is 0 Å². The molecule has 0 spiro atoms. The predicted molar refractivity (Wildman–Crippen MR) is 76.4 cm³/mol. The summed E-state index contributed by atoms with van der Waals surface area (Å²) in [6.07, 6.45) is -0.125. The second-order valence-electron chi connectivity index (χ2n) is 5.55. The van der Waals surface area contributed by atoms with Gasteiger partial charge in [0, 0.05) is 5.69 Å². The number of anilines is 1. The molecule has 0 heterocycles. The van der Waals surface area contributed by atoms with Crippen LogP contribution in [0.1, 0.15) is 45.0 Å². The molecule has 1 aromatic carbocycles. The topological polar surface area (TPSA) is 58.6 Å². The molecule has 0 amide bonds. The van der Waals surface area contributed by atoms with E-state index >= 15 is 0 Å². The SMILES string of the molecule is CC(C)OC(=O)c1ccc(NC(C)C(C)(C)O)cc1. The average Bonchev–Trinajstić information content (AvgIpc) is 2.27. The van der Waals surface area contributed by atoms with Gasteiger partial charge in [0.15, 0.2) is 0 Å². The van der Waals surface area contributed by atoms with Crippen LogP contribution >= 0.6 is 0 Å². The van der Waals surface area contributed by atoms with E-state index in [0.29, 0.717) is 5.56 Å². The van der Waals surface area contributed by atoms with E-state index in [4.69, 9.17) is 4.74 Å². The largest absolute Gasteiger partial charge is 0.459 e. The van der Waals surface area contributed by atoms with Gasteiger partial charge in [0.25, 0.3) is 0 Å². The van der Waals surface area contributed by atoms with Gasteiger partial charge >= 0.3 is 5.97 Å². The number of nitrogens with one attached hydrogen (secondary N) is 1. The summed E-state index contributed by atoms with van der Waals surface area (Å²) >= 11 is 0. The Morgan fingerprint density at radius 2 is 1.74 bits per heavy atom. The molecule has 106 valence electrons. The molecule has 0 aliphatic heterocycles. The molecule has 0 aliphatic carbocycles. The molecule has 0 fully saturated rings. The van der Waals surface area contributed by atoms with Crippen molar-refractivity contribution in [3.63, 3.8) is 0 Å². The maximum Gasteiger partial charge on any atom is 0.338 e. The van der Waals surface area contributed by atoms with E-state index in [-0.39, 0.29) is 18.1 Å². The Hall–Kier alpha value is -1.55. The summed E-state index contributed by atoms with van der Waals surface area (Å²) in [5, 5.41) is 13.0. The van der Waals surface area contributed by atoms with Crippen molar-refractivity contribution < 1.29 is 14.6 Å². The second kappa shape index (κ2) is 6.06. The minimum atomic E-state index is -0.810. The summed E-state index contributed by atoms with van der Waals surface area (Å²) in [7, 11) is 0. The van der Waals surface area contributed by atoms with E-state index < -0.39 is 5.60 Å². The predicted octanol–water partition coefficient (Wildman–Crippen LogP) is 2.82. The first-order valence-electron chi connectivity index (χ1n) is 6.50. The van der Waals surface area contributed by atoms with E-state index in [1.54, 1.807) is 38.1 Å². The molecule has 0 saturated heterocycles. The van der Waals surface area contributed by atoms with Crippen LogP contribution in [-0.4, -0.2) is 28.8 Å². The Morgan fingerprint density at radius 3 is 2.16 bits per heavy atom. The van der Waals surface area contributed by atoms with Crippen LogP contribution in [0.15, 0.2) is 24.3 Å². The molecule has 0 radical (unpaired) electrons. The van der Waals surface area contributed by atoms with Gasteiger partial charge < -0.3 is 15.2 Å². The summed E-state index contributed by atoms with van der Waals surface area (Å²) < 4.78 is 5.11. The Bertz CT molecular complexity index is 418. The molecule has 1 rings (SSSR count). The first kappa shape index (κ1) is 15.5. The van der Waals surface area contributed by atoms with Gasteiger partial charge in [0.05, 0.1) is 23.3 Å². The number of benzene rings is 1. The fourth-order valence-corrected chi connectivity index (χ4v) is 1.41. The fourth-order valence-electron chi connectivity index (χ4n) is 1.41. The van der Waals surface area contributed by atoms with Crippen LogP contribution in [-0.2, 0) is 4.74 Å². The number of carbonyl (C=O) groups is 1. The van der Waals surface area contributed by atoms with Crippen molar-refractivity contribution in [1.82, 2.24) is 0 Å². The smallest absolute Gasteiger partial charge is 0.338 e. The number of esters is 1. The summed E-state index contributed by atoms with van der Waals surface area (Å²) in [5.74, 6) is -0.322. The average molecular weight is 265 g/mol. The standard InChI is InChI=1S/C15H23NO3/c1-10(2)19-14(17)12-6-8-13(9-7-12)16-11(3)15(4,5)18/h6-11,16,18H,1-5H3. The third kappa shape index (κ3) is 4.91. The lowest BCUT2D eigenvalue weighted by atomic mass is 10.0. The normalized spacial score (nSPS) is 13.2. The number of rotatable bonds is 5. The summed E-state index contributed by atoms with van der Waals surface area (Å²) in [6, 6.07) is 6.94. The zero-order valence-electron chi connectivity index (χ0n) is 12.2. The van der Waals surface area contributed by atoms with Crippen molar-refractivity contribution >= 4 is 11.7 Å². The van der Waals surface area contributed by atoms with E-state index in [2.05, 4.69) is 5.32 Å². The third-order valence-electron chi connectivity index (χ3n) is 2.91. The lowest BCUT2D eigenvalue weighted by Gasteiger charge is -2.27. The maximum absolute atomic E-state index is 11.7. The first-order chi connectivity index (χ1) is 8.70. The van der Waals surface area contributed by atoms with Crippen LogP contribution in [0.3, 0.4) is 0 Å². The van der Waals surface area contributed by atoms with Gasteiger partial charge in [-0.1, -0.05) is 0 Å². The van der Waals surface area contributed by atoms with Gasteiger partial charge in [-0.15, -0.1) is 0 Å². The van der Waals surface area contributed by atoms with Crippen LogP contribution in [0.25, 0.3) is 0 Å². The van der Waals surface area contributed by atoms with Gasteiger partial charge in [-0.05, 0) is 58.9 Å². The summed E-state index contributed by atoms with van der Waals surface area (Å²) in [4.78, 5) is 11.7. The molecule has 0 saturated carbocycles. The lowest BCUT2D eigenvalue weighted by Crippen LogP contribution is -2.39. The van der Waals surface area contributed by atoms with Crippen LogP contribution in [0, 0.1) is 0 Å². The van der Waals surface area contributed by atoms with Crippen LogP contribution in [0.5, 0.6) is 0 Å². The van der Waals surface area contributed by atoms with E-state index in [1.807, 2.05) is 20.8 Å². The highest BCUT2D eigenvalue weighted by molar-refractivity contribution is 5.89. The lowest BCUT2D eigenvalue weighted by molar-refractivity contribution is 0.0377. The molecular weight excluding hydrogens is 242 g/mol. The fraction of sp³-hybridized carbons (Fsp3) is 0.533. The molecule has 1 unspecified atom stereocenters. The molecule has 0 aliphatic rings. The monoisotopic (exact) mass is 265 g/mol. The van der Waals surface area contributed by atoms with Gasteiger partial charge in [0.2, 0.25) is 0 Å². The van der Waals surface area contributed by atoms with Gasteiger partial charge in [-0.25, -0.2) is 4.79 Å². The Kier molecular flexibility index (Phi) is 4.95. The summed E-state index contributed by atoms with van der Waals surface area (Å²) in [5.41, 5.74) is 0.570. The maximum atomic E-state index is 11.7. The molecule has 1 atom stereocenters. The van der Waals surface area contributed by atoms with Gasteiger partial charge in [-0.3, -0.25) is 0 Å². The number of hydrogen-bond acceptors (Lipinski definition) is 4. The highest BCUT2D eigenvalue weighted by atomic mass is 16.5. The van der Waals surface area contributed by atoms with E-state index in [0.717, 1.165) is 5.69 Å². The Morgan fingerprint density at radius 1 is 1.21 bits per heavy atom. The number of ether oxygens (including phenoxy) is 1. The summed E-state index contributed by atoms with van der Waals surface area (Å²) in [6.45, 7) is 9.04. The molecule has 19 heavy (non-hydrogen) atoms. The van der Waals surface area contributed by atoms with Gasteiger partial charge in [0.1, 0.15) is 0 Å². The second-order valence-corrected chi connectivity index (χ2v) is 5.55. The number of hydrogen-bond donors (Lipinski definition) is 2. The minimum Gasteiger partial charge on any atom is -0.459 e. The molecule has 2 N–H and O–H groups in total. The van der Waals surface area contributed by atoms with Crippen molar-refractivity contribution in [3.05, 3.63) is 29.8 Å². The van der Waals surface area contributed by atoms with Crippen molar-refractivity contribution in [2.75, 3.05) is 5.32 Å². The molecule has 1 aromatic rings. The first-order valence-corrected chi connectivity index (χ1v) is 6.50. The highest BCUT2D eigenvalue weighted by Crippen LogP contribution is 2.16. The Labute approximate surface area is 114 Å². The Balaban J connectivity index is 2.69. The van der Waals surface area contributed by atoms with E-state index in [9.17, 15) is 9.90 Å². The van der Waals surface area contributed by atoms with Crippen molar-refractivity contribution in [3.8, 4) is 0 Å². The van der Waals surface area contributed by atoms with Crippen molar-refractivity contribution in [1.29, 1.82) is 0 Å². The molecule has 4 nitrogen and oxygen atoms in total.